The minimum atomic E-state index is -4.63. The van der Waals surface area contributed by atoms with Crippen LogP contribution in [0.1, 0.15) is 83.8 Å². The predicted octanol–water partition coefficient (Wildman–Crippen LogP) is 6.05. The van der Waals surface area contributed by atoms with Gasteiger partial charge in [-0.3, -0.25) is 9.35 Å². The van der Waals surface area contributed by atoms with Crippen molar-refractivity contribution in [1.29, 1.82) is 0 Å². The van der Waals surface area contributed by atoms with Crippen LogP contribution in [0.15, 0.2) is 93.4 Å². The van der Waals surface area contributed by atoms with E-state index >= 15 is 0 Å². The van der Waals surface area contributed by atoms with Crippen LogP contribution in [0.2, 0.25) is 0 Å². The van der Waals surface area contributed by atoms with E-state index < -0.39 is 31.1 Å². The van der Waals surface area contributed by atoms with Crippen molar-refractivity contribution < 1.29 is 35.3 Å². The number of unbranched alkanes of at least 4 members (excludes halogenated alkanes) is 2. The second kappa shape index (κ2) is 17.0. The molecule has 0 saturated heterocycles. The molecule has 2 aromatic carbocycles. The fourth-order valence-corrected chi connectivity index (χ4v) is 8.51. The van der Waals surface area contributed by atoms with Gasteiger partial charge in [0.1, 0.15) is 17.2 Å². The van der Waals surface area contributed by atoms with E-state index in [-0.39, 0.29) is 73.6 Å². The molecule has 2 heterocycles. The van der Waals surface area contributed by atoms with Crippen LogP contribution in [0.5, 0.6) is 0 Å². The van der Waals surface area contributed by atoms with Gasteiger partial charge >= 0.3 is 0 Å². The van der Waals surface area contributed by atoms with E-state index in [0.29, 0.717) is 19.4 Å². The summed E-state index contributed by atoms with van der Waals surface area (Å²) in [6.07, 6.45) is 21.3. The third kappa shape index (κ3) is 9.60. The molecule has 0 aromatic heterocycles. The Morgan fingerprint density at radius 1 is 0.981 bits per heavy atom. The quantitative estimate of drug-likeness (QED) is 0.0871. The van der Waals surface area contributed by atoms with Gasteiger partial charge in [0.2, 0.25) is 11.6 Å². The maximum absolute atomic E-state index is 12.0. The minimum Gasteiger partial charge on any atom is -0.744 e. The van der Waals surface area contributed by atoms with Gasteiger partial charge in [-0.05, 0) is 99.1 Å². The second-order valence-corrected chi connectivity index (χ2v) is 17.4. The predicted molar refractivity (Wildman–Crippen MR) is 208 cm³/mol. The first kappa shape index (κ1) is 43.1. The SMILES string of the molecule is C#CCNC(=O)CCCCCN1C(=CC=C2C=C(C=CC3=[N+](C)c4ccc(S(=O)(=O)O)cc4C3(C)C)CCC2)C(C)(C)c2cc(S(=O)(=O)[O-])ccc21.[K]. The Morgan fingerprint density at radius 3 is 2.36 bits per heavy atom. The van der Waals surface area contributed by atoms with Crippen LogP contribution < -0.4 is 10.2 Å². The fraction of sp³-hybridized carbons (Fsp3) is 0.400. The third-order valence-corrected chi connectivity index (χ3v) is 12.0. The monoisotopic (exact) mass is 784 g/mol. The van der Waals surface area contributed by atoms with Crippen LogP contribution >= 0.6 is 0 Å². The number of carbonyl (C=O) groups excluding carboxylic acids is 1. The maximum Gasteiger partial charge on any atom is 0.294 e. The maximum atomic E-state index is 12.0. The van der Waals surface area contributed by atoms with Gasteiger partial charge in [0.15, 0.2) is 5.71 Å². The number of hydrogen-bond donors (Lipinski definition) is 2. The molecule has 1 amide bonds. The van der Waals surface area contributed by atoms with E-state index in [1.54, 1.807) is 18.2 Å². The molecule has 0 atom stereocenters. The van der Waals surface area contributed by atoms with Crippen LogP contribution in [-0.4, -0.2) is 114 Å². The number of terminal acetylenes is 1. The Labute approximate surface area is 357 Å². The minimum absolute atomic E-state index is 0. The summed E-state index contributed by atoms with van der Waals surface area (Å²) in [6, 6.07) is 9.28. The molecule has 3 aliphatic rings. The molecule has 2 aliphatic heterocycles. The molecular formula is C40H47KN3O7S2. The Hall–Kier alpha value is -2.64. The molecule has 0 unspecified atom stereocenters. The number of hydrogen-bond acceptors (Lipinski definition) is 7. The number of benzene rings is 2. The van der Waals surface area contributed by atoms with Gasteiger partial charge in [0.05, 0.1) is 21.8 Å². The zero-order chi connectivity index (χ0) is 38.1. The first-order chi connectivity index (χ1) is 24.4. The smallest absolute Gasteiger partial charge is 0.294 e. The Bertz CT molecular complexity index is 2210. The van der Waals surface area contributed by atoms with Crippen LogP contribution in [0, 0.1) is 12.3 Å². The summed E-state index contributed by atoms with van der Waals surface area (Å²) in [6.45, 7) is 9.01. The normalized spacial score (nSPS) is 19.2. The van der Waals surface area contributed by atoms with Crippen molar-refractivity contribution in [2.24, 2.45) is 0 Å². The van der Waals surface area contributed by atoms with E-state index in [1.807, 2.05) is 34.7 Å². The molecule has 10 nitrogen and oxygen atoms in total. The van der Waals surface area contributed by atoms with E-state index in [2.05, 4.69) is 51.1 Å². The van der Waals surface area contributed by atoms with Gasteiger partial charge in [-0.25, -0.2) is 8.42 Å². The van der Waals surface area contributed by atoms with Crippen molar-refractivity contribution in [2.45, 2.75) is 93.3 Å². The number of nitrogens with one attached hydrogen (secondary N) is 1. The largest absolute Gasteiger partial charge is 0.744 e. The molecule has 0 spiro atoms. The number of amides is 1. The van der Waals surface area contributed by atoms with Crippen molar-refractivity contribution in [3.05, 3.63) is 94.7 Å². The van der Waals surface area contributed by atoms with Crippen LogP contribution in [0.4, 0.5) is 11.4 Å². The van der Waals surface area contributed by atoms with Gasteiger partial charge < -0.3 is 14.8 Å². The summed E-state index contributed by atoms with van der Waals surface area (Å²) in [5.41, 5.74) is 6.57. The van der Waals surface area contributed by atoms with Crippen LogP contribution in [0.25, 0.3) is 0 Å². The number of fused-ring (bicyclic) bond motifs is 2. The summed E-state index contributed by atoms with van der Waals surface area (Å²) in [5.74, 6) is 2.33. The van der Waals surface area contributed by atoms with E-state index in [0.717, 1.165) is 77.2 Å². The number of anilines is 1. The Balaban J connectivity index is 0.00000627. The van der Waals surface area contributed by atoms with Crippen molar-refractivity contribution in [2.75, 3.05) is 25.0 Å². The van der Waals surface area contributed by atoms with E-state index in [9.17, 15) is 30.7 Å². The van der Waals surface area contributed by atoms with Gasteiger partial charge in [0, 0.05) is 98.9 Å². The molecular weight excluding hydrogens is 738 g/mol. The summed E-state index contributed by atoms with van der Waals surface area (Å²) in [4.78, 5) is 13.8. The zero-order valence-electron chi connectivity index (χ0n) is 31.4. The van der Waals surface area contributed by atoms with Crippen LogP contribution in [0.3, 0.4) is 0 Å². The average molecular weight is 785 g/mol. The summed E-state index contributed by atoms with van der Waals surface area (Å²) < 4.78 is 71.2. The number of allylic oxidation sites excluding steroid dienone is 8. The number of nitrogens with zero attached hydrogens (tertiary/aromatic N) is 2. The first-order valence-electron chi connectivity index (χ1n) is 17.5. The zero-order valence-corrected chi connectivity index (χ0v) is 36.2. The molecule has 277 valence electrons. The molecule has 53 heavy (non-hydrogen) atoms. The molecule has 2 aromatic rings. The molecule has 1 radical (unpaired) electrons. The molecule has 1 aliphatic carbocycles. The molecule has 0 saturated carbocycles. The third-order valence-electron chi connectivity index (χ3n) is 10.3. The van der Waals surface area contributed by atoms with Crippen molar-refractivity contribution in [3.8, 4) is 12.3 Å². The van der Waals surface area contributed by atoms with Crippen molar-refractivity contribution >= 4 is 94.6 Å². The molecule has 0 bridgehead atoms. The number of rotatable bonds is 12. The summed E-state index contributed by atoms with van der Waals surface area (Å²) in [5, 5.41) is 2.69. The topological polar surface area (TPSA) is 147 Å². The molecule has 5 rings (SSSR count). The molecule has 2 N–H and O–H groups in total. The van der Waals surface area contributed by atoms with Crippen LogP contribution in [-0.2, 0) is 35.9 Å². The standard InChI is InChI=1S/C40H47N3O7S2.K/c1-7-23-41-38(44)14-9-8-10-24-43-35-20-18-31(52(48,49)50)27-33(35)40(4,5)37(43)22-16-29-13-11-12-28(25-29)15-21-36-39(2,3)32-26-30(51(45,46)47)17-19-34(32)42(36)6;/h1,15-22,25-27H,8-14,23-24H2,2-6H3,(H2-,41,44,45,46,47,48,49,50);. The molecule has 0 fully saturated rings. The van der Waals surface area contributed by atoms with Crippen molar-refractivity contribution in [1.82, 2.24) is 5.32 Å². The second-order valence-electron chi connectivity index (χ2n) is 14.6. The van der Waals surface area contributed by atoms with Gasteiger partial charge in [0.25, 0.3) is 10.1 Å². The first-order valence-corrected chi connectivity index (χ1v) is 20.3. The van der Waals surface area contributed by atoms with Gasteiger partial charge in [-0.2, -0.15) is 13.0 Å². The van der Waals surface area contributed by atoms with E-state index in [4.69, 9.17) is 6.42 Å². The summed E-state index contributed by atoms with van der Waals surface area (Å²) in [7, 11) is -7.01. The molecule has 13 heteroatoms. The fourth-order valence-electron chi connectivity index (χ4n) is 7.51. The van der Waals surface area contributed by atoms with E-state index in [1.165, 1.54) is 18.2 Å². The van der Waals surface area contributed by atoms with Gasteiger partial charge in [-0.1, -0.05) is 44.4 Å². The number of carbonyl (C=O) groups is 1. The summed E-state index contributed by atoms with van der Waals surface area (Å²) >= 11 is 0. The Morgan fingerprint density at radius 2 is 1.68 bits per heavy atom. The Kier molecular flexibility index (Phi) is 13.8. The van der Waals surface area contributed by atoms with Crippen molar-refractivity contribution in [3.63, 3.8) is 0 Å². The average Bonchev–Trinajstić information content (AvgIpc) is 3.41. The van der Waals surface area contributed by atoms with Gasteiger partial charge in [-0.15, -0.1) is 6.42 Å².